The van der Waals surface area contributed by atoms with Gasteiger partial charge in [-0.2, -0.15) is 0 Å². The number of nitrogen functional groups attached to an aromatic ring is 1. The van der Waals surface area contributed by atoms with Crippen molar-refractivity contribution < 1.29 is 9.59 Å². The van der Waals surface area contributed by atoms with Crippen molar-refractivity contribution in [2.45, 2.75) is 25.9 Å². The van der Waals surface area contributed by atoms with Gasteiger partial charge in [-0.05, 0) is 52.2 Å². The second-order valence-corrected chi connectivity index (χ2v) is 9.18. The van der Waals surface area contributed by atoms with E-state index in [9.17, 15) is 9.59 Å². The first-order valence-corrected chi connectivity index (χ1v) is 11.6. The van der Waals surface area contributed by atoms with Crippen LogP contribution >= 0.6 is 27.3 Å². The molecule has 0 saturated carbocycles. The monoisotopic (exact) mass is 499 g/mol. The van der Waals surface area contributed by atoms with Gasteiger partial charge in [0.25, 0.3) is 0 Å². The molecule has 2 N–H and O–H groups in total. The zero-order valence-electron chi connectivity index (χ0n) is 17.0. The van der Waals surface area contributed by atoms with Gasteiger partial charge in [-0.1, -0.05) is 13.0 Å². The average molecular weight is 500 g/mol. The molecule has 0 spiro atoms. The molecule has 7 nitrogen and oxygen atoms in total. The summed E-state index contributed by atoms with van der Waals surface area (Å²) in [5, 5.41) is 2.76. The number of halogens is 1. The van der Waals surface area contributed by atoms with Gasteiger partial charge >= 0.3 is 0 Å². The SMILES string of the molecule is CC[C@H]1C(=O)N(Cc2ccc3c(N)ncnc3c2)CCN1C(=O)C=Cc1cc(Br)cs1. The number of amides is 2. The van der Waals surface area contributed by atoms with Crippen molar-refractivity contribution in [1.29, 1.82) is 0 Å². The number of anilines is 1. The van der Waals surface area contributed by atoms with Gasteiger partial charge in [0.2, 0.25) is 11.8 Å². The van der Waals surface area contributed by atoms with Crippen molar-refractivity contribution in [1.82, 2.24) is 19.8 Å². The van der Waals surface area contributed by atoms with Crippen LogP contribution in [0.2, 0.25) is 0 Å². The third-order valence-electron chi connectivity index (χ3n) is 5.34. The summed E-state index contributed by atoms with van der Waals surface area (Å²) in [5.41, 5.74) is 7.62. The summed E-state index contributed by atoms with van der Waals surface area (Å²) in [6.45, 7) is 3.39. The number of piperazine rings is 1. The highest BCUT2D eigenvalue weighted by molar-refractivity contribution is 9.10. The van der Waals surface area contributed by atoms with Crippen molar-refractivity contribution in [2.75, 3.05) is 18.8 Å². The molecule has 1 aliphatic rings. The maximum Gasteiger partial charge on any atom is 0.247 e. The maximum atomic E-state index is 13.1. The van der Waals surface area contributed by atoms with Crippen molar-refractivity contribution in [3.05, 3.63) is 57.0 Å². The van der Waals surface area contributed by atoms with Gasteiger partial charge in [0.15, 0.2) is 0 Å². The van der Waals surface area contributed by atoms with Crippen LogP contribution in [0, 0.1) is 0 Å². The lowest BCUT2D eigenvalue weighted by Gasteiger charge is -2.40. The fraction of sp³-hybridized carbons (Fsp3) is 0.273. The van der Waals surface area contributed by atoms with Crippen LogP contribution in [0.1, 0.15) is 23.8 Å². The van der Waals surface area contributed by atoms with Gasteiger partial charge in [-0.15, -0.1) is 11.3 Å². The zero-order chi connectivity index (χ0) is 22.0. The van der Waals surface area contributed by atoms with E-state index in [0.29, 0.717) is 31.9 Å². The van der Waals surface area contributed by atoms with Gasteiger partial charge in [-0.3, -0.25) is 9.59 Å². The van der Waals surface area contributed by atoms with E-state index < -0.39 is 6.04 Å². The summed E-state index contributed by atoms with van der Waals surface area (Å²) < 4.78 is 0.989. The van der Waals surface area contributed by atoms with Crippen molar-refractivity contribution >= 4 is 61.9 Å². The van der Waals surface area contributed by atoms with E-state index in [1.807, 2.05) is 41.5 Å². The molecule has 1 aromatic carbocycles. The molecule has 2 aromatic heterocycles. The molecule has 1 aliphatic heterocycles. The lowest BCUT2D eigenvalue weighted by Crippen LogP contribution is -2.57. The molecule has 0 bridgehead atoms. The first-order valence-electron chi connectivity index (χ1n) is 9.97. The summed E-state index contributed by atoms with van der Waals surface area (Å²) >= 11 is 4.96. The predicted molar refractivity (Wildman–Crippen MR) is 126 cm³/mol. The third-order valence-corrected chi connectivity index (χ3v) is 7.00. The average Bonchev–Trinajstić information content (AvgIpc) is 3.18. The molecule has 31 heavy (non-hydrogen) atoms. The predicted octanol–water partition coefficient (Wildman–Crippen LogP) is 3.70. The van der Waals surface area contributed by atoms with E-state index in [1.54, 1.807) is 28.4 Å². The van der Waals surface area contributed by atoms with Gasteiger partial charge in [0.1, 0.15) is 18.2 Å². The highest BCUT2D eigenvalue weighted by Gasteiger charge is 2.35. The Kier molecular flexibility index (Phi) is 6.33. The van der Waals surface area contributed by atoms with Crippen LogP contribution in [0.5, 0.6) is 0 Å². The van der Waals surface area contributed by atoms with Crippen LogP contribution in [-0.2, 0) is 16.1 Å². The fourth-order valence-corrected chi connectivity index (χ4v) is 5.10. The first kappa shape index (κ1) is 21.5. The Labute approximate surface area is 192 Å². The zero-order valence-corrected chi connectivity index (χ0v) is 19.4. The first-order chi connectivity index (χ1) is 15.0. The lowest BCUT2D eigenvalue weighted by molar-refractivity contribution is -0.149. The van der Waals surface area contributed by atoms with Crippen molar-refractivity contribution in [2.24, 2.45) is 0 Å². The van der Waals surface area contributed by atoms with E-state index >= 15 is 0 Å². The number of benzene rings is 1. The van der Waals surface area contributed by atoms with E-state index in [-0.39, 0.29) is 11.8 Å². The van der Waals surface area contributed by atoms with E-state index in [1.165, 1.54) is 6.33 Å². The van der Waals surface area contributed by atoms with Crippen molar-refractivity contribution in [3.8, 4) is 0 Å². The molecule has 0 radical (unpaired) electrons. The summed E-state index contributed by atoms with van der Waals surface area (Å²) in [5.74, 6) is 0.271. The number of nitrogens with two attached hydrogens (primary N) is 1. The number of carbonyl (C=O) groups is 2. The number of nitrogens with zero attached hydrogens (tertiary/aromatic N) is 4. The lowest BCUT2D eigenvalue weighted by atomic mass is 10.1. The number of rotatable bonds is 5. The van der Waals surface area contributed by atoms with Crippen molar-refractivity contribution in [3.63, 3.8) is 0 Å². The molecule has 0 aliphatic carbocycles. The Hall–Kier alpha value is -2.78. The van der Waals surface area contributed by atoms with Crippen LogP contribution in [-0.4, -0.2) is 50.7 Å². The molecule has 3 heterocycles. The van der Waals surface area contributed by atoms with E-state index in [4.69, 9.17) is 5.73 Å². The normalized spacial score (nSPS) is 17.1. The minimum atomic E-state index is -0.459. The van der Waals surface area contributed by atoms with Gasteiger partial charge < -0.3 is 15.5 Å². The number of carbonyl (C=O) groups excluding carboxylic acids is 2. The second-order valence-electron chi connectivity index (χ2n) is 7.33. The minimum Gasteiger partial charge on any atom is -0.383 e. The molecule has 1 saturated heterocycles. The van der Waals surface area contributed by atoms with Gasteiger partial charge in [0, 0.05) is 45.8 Å². The standard InChI is InChI=1S/C22H22BrN5O2S/c1-2-19-22(30)27(11-14-3-5-17-18(9-14)25-13-26-21(17)24)7-8-28(19)20(29)6-4-16-10-15(23)12-31-16/h3-6,9-10,12-13,19H,2,7-8,11H2,1H3,(H2,24,25,26)/t19-/m0/s1. The van der Waals surface area contributed by atoms with Crippen LogP contribution in [0.25, 0.3) is 17.0 Å². The molecule has 0 unspecified atom stereocenters. The Morgan fingerprint density at radius 2 is 2.16 bits per heavy atom. The molecular weight excluding hydrogens is 478 g/mol. The minimum absolute atomic E-state index is 0.0309. The van der Waals surface area contributed by atoms with E-state index in [0.717, 1.165) is 25.8 Å². The maximum absolute atomic E-state index is 13.1. The number of fused-ring (bicyclic) bond motifs is 1. The molecule has 1 fully saturated rings. The third kappa shape index (κ3) is 4.62. The Balaban J connectivity index is 1.46. The molecule has 1 atom stereocenters. The second kappa shape index (κ2) is 9.15. The summed E-state index contributed by atoms with van der Waals surface area (Å²) in [6.07, 6.45) is 5.36. The number of thiophene rings is 1. The Morgan fingerprint density at radius 1 is 1.32 bits per heavy atom. The fourth-order valence-electron chi connectivity index (χ4n) is 3.76. The number of hydrogen-bond acceptors (Lipinski definition) is 6. The smallest absolute Gasteiger partial charge is 0.247 e. The highest BCUT2D eigenvalue weighted by atomic mass is 79.9. The number of aromatic nitrogens is 2. The van der Waals surface area contributed by atoms with Crippen LogP contribution < -0.4 is 5.73 Å². The highest BCUT2D eigenvalue weighted by Crippen LogP contribution is 2.23. The van der Waals surface area contributed by atoms with E-state index in [2.05, 4.69) is 25.9 Å². The molecule has 4 rings (SSSR count). The molecule has 2 amide bonds. The molecule has 3 aromatic rings. The van der Waals surface area contributed by atoms with Crippen LogP contribution in [0.4, 0.5) is 5.82 Å². The Morgan fingerprint density at radius 3 is 2.90 bits per heavy atom. The quantitative estimate of drug-likeness (QED) is 0.540. The molecule has 160 valence electrons. The number of hydrogen-bond donors (Lipinski definition) is 1. The van der Waals surface area contributed by atoms with Gasteiger partial charge in [0.05, 0.1) is 5.52 Å². The Bertz CT molecular complexity index is 1160. The topological polar surface area (TPSA) is 92.4 Å². The largest absolute Gasteiger partial charge is 0.383 e. The van der Waals surface area contributed by atoms with Crippen LogP contribution in [0.3, 0.4) is 0 Å². The van der Waals surface area contributed by atoms with Crippen LogP contribution in [0.15, 0.2) is 46.5 Å². The molecular formula is C22H22BrN5O2S. The summed E-state index contributed by atoms with van der Waals surface area (Å²) in [4.78, 5) is 38.6. The van der Waals surface area contributed by atoms with Gasteiger partial charge in [-0.25, -0.2) is 9.97 Å². The summed E-state index contributed by atoms with van der Waals surface area (Å²) in [7, 11) is 0. The molecule has 9 heteroatoms. The summed E-state index contributed by atoms with van der Waals surface area (Å²) in [6, 6.07) is 7.25.